The first-order valence-electron chi connectivity index (χ1n) is 4.06. The van der Waals surface area contributed by atoms with Crippen molar-refractivity contribution in [1.82, 2.24) is 0 Å². The average molecular weight is 155 g/mol. The Labute approximate surface area is 66.2 Å². The topological polar surface area (TPSA) is 58.0 Å². The molecule has 0 amide bonds. The third-order valence-electron chi connectivity index (χ3n) is 1.87. The summed E-state index contributed by atoms with van der Waals surface area (Å²) in [5.41, 5.74) is 7.95. The fraction of sp³-hybridized carbons (Fsp3) is 1.00. The van der Waals surface area contributed by atoms with Crippen molar-refractivity contribution >= 4 is 0 Å². The Hall–Kier alpha value is -0.730. The third-order valence-corrected chi connectivity index (χ3v) is 1.87. The van der Waals surface area contributed by atoms with Crippen LogP contribution in [-0.4, -0.2) is 19.3 Å². The predicted octanol–water partition coefficient (Wildman–Crippen LogP) is 2.26. The van der Waals surface area contributed by atoms with Gasteiger partial charge < -0.3 is 4.74 Å². The van der Waals surface area contributed by atoms with Gasteiger partial charge in [0.25, 0.3) is 0 Å². The highest BCUT2D eigenvalue weighted by molar-refractivity contribution is 4.68. The molecule has 0 aromatic heterocycles. The summed E-state index contributed by atoms with van der Waals surface area (Å²) in [6.45, 7) is 1.30. The van der Waals surface area contributed by atoms with E-state index in [9.17, 15) is 0 Å². The number of ether oxygens (including phenoxy) is 1. The SMILES string of the molecule is [N-]=[N+]=NCCCOC1CCC1. The molecule has 1 aliphatic carbocycles. The van der Waals surface area contributed by atoms with Crippen molar-refractivity contribution < 1.29 is 4.74 Å². The number of nitrogens with zero attached hydrogens (tertiary/aromatic N) is 3. The minimum atomic E-state index is 0.501. The quantitative estimate of drug-likeness (QED) is 0.260. The minimum Gasteiger partial charge on any atom is -0.378 e. The van der Waals surface area contributed by atoms with E-state index < -0.39 is 0 Å². The van der Waals surface area contributed by atoms with Crippen molar-refractivity contribution in [3.63, 3.8) is 0 Å². The Morgan fingerprint density at radius 3 is 2.91 bits per heavy atom. The van der Waals surface area contributed by atoms with Gasteiger partial charge in [-0.2, -0.15) is 0 Å². The molecule has 0 atom stereocenters. The molecular formula is C7H13N3O. The van der Waals surface area contributed by atoms with Crippen LogP contribution in [0.3, 0.4) is 0 Å². The smallest absolute Gasteiger partial charge is 0.0575 e. The number of hydrogen-bond acceptors (Lipinski definition) is 2. The molecule has 11 heavy (non-hydrogen) atoms. The standard InChI is InChI=1S/C7H13N3O/c8-10-9-5-2-6-11-7-3-1-4-7/h7H,1-6H2. The zero-order valence-corrected chi connectivity index (χ0v) is 6.57. The van der Waals surface area contributed by atoms with Crippen LogP contribution in [0, 0.1) is 0 Å². The summed E-state index contributed by atoms with van der Waals surface area (Å²) in [4.78, 5) is 2.66. The molecule has 0 aromatic rings. The second-order valence-electron chi connectivity index (χ2n) is 2.73. The molecule has 1 fully saturated rings. The van der Waals surface area contributed by atoms with E-state index in [2.05, 4.69) is 10.0 Å². The lowest BCUT2D eigenvalue weighted by Gasteiger charge is -2.25. The van der Waals surface area contributed by atoms with Crippen molar-refractivity contribution in [3.8, 4) is 0 Å². The van der Waals surface area contributed by atoms with Crippen LogP contribution < -0.4 is 0 Å². The Bertz CT molecular complexity index is 150. The summed E-state index contributed by atoms with van der Waals surface area (Å²) in [6, 6.07) is 0. The summed E-state index contributed by atoms with van der Waals surface area (Å²) in [5, 5.41) is 3.41. The van der Waals surface area contributed by atoms with E-state index in [1.165, 1.54) is 19.3 Å². The molecule has 1 rings (SSSR count). The maximum Gasteiger partial charge on any atom is 0.0575 e. The lowest BCUT2D eigenvalue weighted by Crippen LogP contribution is -2.22. The van der Waals surface area contributed by atoms with Gasteiger partial charge in [0, 0.05) is 18.1 Å². The molecule has 4 heteroatoms. The lowest BCUT2D eigenvalue weighted by atomic mass is 9.96. The maximum absolute atomic E-state index is 7.95. The van der Waals surface area contributed by atoms with E-state index in [0.29, 0.717) is 12.6 Å². The van der Waals surface area contributed by atoms with Gasteiger partial charge in [0.2, 0.25) is 0 Å². The molecule has 0 saturated heterocycles. The van der Waals surface area contributed by atoms with Crippen LogP contribution in [-0.2, 0) is 4.74 Å². The van der Waals surface area contributed by atoms with Gasteiger partial charge in [-0.3, -0.25) is 0 Å². The fourth-order valence-electron chi connectivity index (χ4n) is 0.967. The molecule has 0 heterocycles. The molecule has 4 nitrogen and oxygen atoms in total. The van der Waals surface area contributed by atoms with Gasteiger partial charge in [-0.15, -0.1) is 0 Å². The van der Waals surface area contributed by atoms with Crippen LogP contribution in [0.15, 0.2) is 5.11 Å². The van der Waals surface area contributed by atoms with Crippen molar-refractivity contribution in [2.45, 2.75) is 31.8 Å². The van der Waals surface area contributed by atoms with Crippen LogP contribution in [0.2, 0.25) is 0 Å². The summed E-state index contributed by atoms with van der Waals surface area (Å²) in [7, 11) is 0. The van der Waals surface area contributed by atoms with Crippen LogP contribution in [0.5, 0.6) is 0 Å². The third kappa shape index (κ3) is 3.25. The molecule has 0 aromatic carbocycles. The molecule has 0 radical (unpaired) electrons. The van der Waals surface area contributed by atoms with Crippen molar-refractivity contribution in [3.05, 3.63) is 10.4 Å². The Kier molecular flexibility index (Phi) is 3.80. The van der Waals surface area contributed by atoms with Crippen molar-refractivity contribution in [2.24, 2.45) is 5.11 Å². The monoisotopic (exact) mass is 155 g/mol. The second kappa shape index (κ2) is 4.99. The van der Waals surface area contributed by atoms with Crippen LogP contribution >= 0.6 is 0 Å². The summed E-state index contributed by atoms with van der Waals surface area (Å²) >= 11 is 0. The first-order chi connectivity index (χ1) is 5.43. The number of hydrogen-bond donors (Lipinski definition) is 0. The van der Waals surface area contributed by atoms with E-state index in [-0.39, 0.29) is 0 Å². The first kappa shape index (κ1) is 8.37. The van der Waals surface area contributed by atoms with Gasteiger partial charge in [-0.1, -0.05) is 5.11 Å². The summed E-state index contributed by atoms with van der Waals surface area (Å²) in [5.74, 6) is 0. The zero-order valence-electron chi connectivity index (χ0n) is 6.57. The van der Waals surface area contributed by atoms with Crippen LogP contribution in [0.1, 0.15) is 25.7 Å². The van der Waals surface area contributed by atoms with Crippen LogP contribution in [0.25, 0.3) is 10.4 Å². The molecular weight excluding hydrogens is 142 g/mol. The Morgan fingerprint density at radius 2 is 2.36 bits per heavy atom. The molecule has 0 unspecified atom stereocenters. The van der Waals surface area contributed by atoms with Crippen molar-refractivity contribution in [1.29, 1.82) is 0 Å². The van der Waals surface area contributed by atoms with E-state index >= 15 is 0 Å². The Morgan fingerprint density at radius 1 is 1.55 bits per heavy atom. The van der Waals surface area contributed by atoms with Gasteiger partial charge in [0.05, 0.1) is 6.10 Å². The van der Waals surface area contributed by atoms with E-state index in [0.717, 1.165) is 13.0 Å². The van der Waals surface area contributed by atoms with Crippen LogP contribution in [0.4, 0.5) is 0 Å². The van der Waals surface area contributed by atoms with Gasteiger partial charge in [-0.25, -0.2) is 0 Å². The Balaban J connectivity index is 1.83. The minimum absolute atomic E-state index is 0.501. The van der Waals surface area contributed by atoms with E-state index in [1.807, 2.05) is 0 Å². The van der Waals surface area contributed by atoms with E-state index in [4.69, 9.17) is 10.3 Å². The van der Waals surface area contributed by atoms with Gasteiger partial charge in [-0.05, 0) is 31.2 Å². The van der Waals surface area contributed by atoms with Gasteiger partial charge >= 0.3 is 0 Å². The predicted molar refractivity (Wildman–Crippen MR) is 42.2 cm³/mol. The van der Waals surface area contributed by atoms with Gasteiger partial charge in [0.1, 0.15) is 0 Å². The molecule has 0 aliphatic heterocycles. The molecule has 0 spiro atoms. The summed E-state index contributed by atoms with van der Waals surface area (Å²) in [6.07, 6.45) is 5.08. The second-order valence-corrected chi connectivity index (χ2v) is 2.73. The summed E-state index contributed by atoms with van der Waals surface area (Å²) < 4.78 is 5.44. The first-order valence-corrected chi connectivity index (χ1v) is 4.06. The highest BCUT2D eigenvalue weighted by Crippen LogP contribution is 2.21. The molecule has 62 valence electrons. The van der Waals surface area contributed by atoms with Gasteiger partial charge in [0.15, 0.2) is 0 Å². The zero-order chi connectivity index (χ0) is 7.94. The average Bonchev–Trinajstić information content (AvgIpc) is 1.93. The van der Waals surface area contributed by atoms with E-state index in [1.54, 1.807) is 0 Å². The maximum atomic E-state index is 7.95. The fourth-order valence-corrected chi connectivity index (χ4v) is 0.967. The molecule has 0 N–H and O–H groups in total. The largest absolute Gasteiger partial charge is 0.378 e. The van der Waals surface area contributed by atoms with Crippen molar-refractivity contribution in [2.75, 3.05) is 13.2 Å². The molecule has 0 bridgehead atoms. The lowest BCUT2D eigenvalue weighted by molar-refractivity contribution is 0.00216. The molecule has 1 aliphatic rings. The highest BCUT2D eigenvalue weighted by atomic mass is 16.5. The number of rotatable bonds is 5. The molecule has 1 saturated carbocycles. The normalized spacial score (nSPS) is 17.1. The number of azide groups is 1. The highest BCUT2D eigenvalue weighted by Gasteiger charge is 2.16.